The summed E-state index contributed by atoms with van der Waals surface area (Å²) in [6.07, 6.45) is 3.28. The van der Waals surface area contributed by atoms with Crippen molar-refractivity contribution in [2.24, 2.45) is 29.6 Å². The summed E-state index contributed by atoms with van der Waals surface area (Å²) >= 11 is 0. The Morgan fingerprint density at radius 3 is 2.68 bits per heavy atom. The van der Waals surface area contributed by atoms with Gasteiger partial charge >= 0.3 is 0 Å². The van der Waals surface area contributed by atoms with Crippen LogP contribution in [0.1, 0.15) is 27.2 Å². The number of hydrogen-bond donors (Lipinski definition) is 0. The maximum absolute atomic E-state index is 12.5. The molecule has 0 bridgehead atoms. The summed E-state index contributed by atoms with van der Waals surface area (Å²) in [5.74, 6) is 2.01. The predicted octanol–water partition coefficient (Wildman–Crippen LogP) is 2.45. The molecule has 106 valence electrons. The molecule has 3 unspecified atom stereocenters. The summed E-state index contributed by atoms with van der Waals surface area (Å²) < 4.78 is 11.7. The second kappa shape index (κ2) is 4.71. The third kappa shape index (κ3) is 1.90. The first-order valence-corrected chi connectivity index (χ1v) is 7.41. The van der Waals surface area contributed by atoms with Crippen LogP contribution in [0.2, 0.25) is 0 Å². The van der Waals surface area contributed by atoms with Gasteiger partial charge in [-0.3, -0.25) is 4.79 Å². The molecule has 0 amide bonds. The molecular formula is C16H24O3. The molecule has 1 saturated carbocycles. The van der Waals surface area contributed by atoms with Crippen molar-refractivity contribution in [2.75, 3.05) is 13.7 Å². The molecule has 3 nitrogen and oxygen atoms in total. The van der Waals surface area contributed by atoms with E-state index in [0.29, 0.717) is 23.7 Å². The normalized spacial score (nSPS) is 49.6. The van der Waals surface area contributed by atoms with Crippen LogP contribution in [0.25, 0.3) is 0 Å². The second-order valence-corrected chi connectivity index (χ2v) is 6.68. The van der Waals surface area contributed by atoms with Gasteiger partial charge in [-0.05, 0) is 37.2 Å². The maximum Gasteiger partial charge on any atom is 0.161 e. The standard InChI is InChI=1S/C16H24O3/c1-8-5-11(17)13-10(3)7-19-16(13)15-9(2)6-12(18-4)14(8)15/h5,9-10,12-16H,6-7H2,1-4H3/t9-,10?,12-,13?,14+,15+,16?/m0/s1. The van der Waals surface area contributed by atoms with Gasteiger partial charge < -0.3 is 9.47 Å². The zero-order chi connectivity index (χ0) is 13.7. The highest BCUT2D eigenvalue weighted by Gasteiger charge is 2.54. The van der Waals surface area contributed by atoms with Gasteiger partial charge in [0.05, 0.1) is 24.7 Å². The Morgan fingerprint density at radius 1 is 1.26 bits per heavy atom. The summed E-state index contributed by atoms with van der Waals surface area (Å²) in [6, 6.07) is 0. The lowest BCUT2D eigenvalue weighted by atomic mass is 9.77. The number of rotatable bonds is 1. The van der Waals surface area contributed by atoms with E-state index in [-0.39, 0.29) is 23.9 Å². The monoisotopic (exact) mass is 264 g/mol. The Morgan fingerprint density at radius 2 is 2.00 bits per heavy atom. The number of hydrogen-bond acceptors (Lipinski definition) is 3. The van der Waals surface area contributed by atoms with Gasteiger partial charge in [0.15, 0.2) is 5.78 Å². The highest BCUT2D eigenvalue weighted by molar-refractivity contribution is 5.93. The molecular weight excluding hydrogens is 240 g/mol. The van der Waals surface area contributed by atoms with E-state index < -0.39 is 0 Å². The molecule has 0 aromatic carbocycles. The van der Waals surface area contributed by atoms with Gasteiger partial charge in [-0.15, -0.1) is 0 Å². The Balaban J connectivity index is 2.03. The second-order valence-electron chi connectivity index (χ2n) is 6.68. The Kier molecular flexibility index (Phi) is 3.30. The Bertz CT molecular complexity index is 414. The SMILES string of the molecule is CO[C@H]1C[C@H](C)[C@H]2C3OCC(C)C3C(=O)C=C(C)[C@@H]21. The van der Waals surface area contributed by atoms with E-state index in [4.69, 9.17) is 9.47 Å². The summed E-state index contributed by atoms with van der Waals surface area (Å²) in [7, 11) is 1.79. The summed E-state index contributed by atoms with van der Waals surface area (Å²) in [4.78, 5) is 12.5. The number of carbonyl (C=O) groups excluding carboxylic acids is 1. The molecule has 2 aliphatic carbocycles. The Labute approximate surface area is 115 Å². The lowest BCUT2D eigenvalue weighted by molar-refractivity contribution is -0.121. The van der Waals surface area contributed by atoms with E-state index in [1.807, 2.05) is 6.08 Å². The molecule has 0 spiro atoms. The molecule has 7 atom stereocenters. The van der Waals surface area contributed by atoms with Crippen molar-refractivity contribution < 1.29 is 14.3 Å². The van der Waals surface area contributed by atoms with Gasteiger partial charge in [-0.1, -0.05) is 19.4 Å². The van der Waals surface area contributed by atoms with E-state index >= 15 is 0 Å². The molecule has 3 heteroatoms. The van der Waals surface area contributed by atoms with Crippen LogP contribution in [0.3, 0.4) is 0 Å². The van der Waals surface area contributed by atoms with Crippen LogP contribution < -0.4 is 0 Å². The van der Waals surface area contributed by atoms with E-state index in [9.17, 15) is 4.79 Å². The zero-order valence-electron chi connectivity index (χ0n) is 12.3. The van der Waals surface area contributed by atoms with Gasteiger partial charge in [0.2, 0.25) is 0 Å². The minimum absolute atomic E-state index is 0.0583. The smallest absolute Gasteiger partial charge is 0.161 e. The lowest BCUT2D eigenvalue weighted by Crippen LogP contribution is -2.36. The topological polar surface area (TPSA) is 35.5 Å². The number of allylic oxidation sites excluding steroid dienone is 1. The van der Waals surface area contributed by atoms with Crippen molar-refractivity contribution in [3.8, 4) is 0 Å². The summed E-state index contributed by atoms with van der Waals surface area (Å²) in [6.45, 7) is 7.23. The minimum atomic E-state index is 0.0583. The van der Waals surface area contributed by atoms with Gasteiger partial charge in [0.1, 0.15) is 0 Å². The van der Waals surface area contributed by atoms with Crippen LogP contribution in [-0.2, 0) is 14.3 Å². The quantitative estimate of drug-likeness (QED) is 0.730. The van der Waals surface area contributed by atoms with Crippen LogP contribution in [0.15, 0.2) is 11.6 Å². The van der Waals surface area contributed by atoms with Crippen molar-refractivity contribution in [1.82, 2.24) is 0 Å². The Hall–Kier alpha value is -0.670. The lowest BCUT2D eigenvalue weighted by Gasteiger charge is -2.30. The minimum Gasteiger partial charge on any atom is -0.381 e. The molecule has 2 fully saturated rings. The fraction of sp³-hybridized carbons (Fsp3) is 0.812. The summed E-state index contributed by atoms with van der Waals surface area (Å²) in [5.41, 5.74) is 1.19. The van der Waals surface area contributed by atoms with E-state index in [2.05, 4.69) is 20.8 Å². The number of ketones is 1. The van der Waals surface area contributed by atoms with Crippen molar-refractivity contribution in [2.45, 2.75) is 39.4 Å². The van der Waals surface area contributed by atoms with Crippen LogP contribution in [0.5, 0.6) is 0 Å². The van der Waals surface area contributed by atoms with Crippen molar-refractivity contribution in [1.29, 1.82) is 0 Å². The molecule has 0 N–H and O–H groups in total. The highest BCUT2D eigenvalue weighted by Crippen LogP contribution is 2.51. The highest BCUT2D eigenvalue weighted by atomic mass is 16.5. The van der Waals surface area contributed by atoms with E-state index in [1.165, 1.54) is 5.57 Å². The average molecular weight is 264 g/mol. The molecule has 19 heavy (non-hydrogen) atoms. The molecule has 0 aromatic heterocycles. The third-order valence-electron chi connectivity index (χ3n) is 5.50. The van der Waals surface area contributed by atoms with Crippen molar-refractivity contribution >= 4 is 5.78 Å². The van der Waals surface area contributed by atoms with Gasteiger partial charge in [0, 0.05) is 13.0 Å². The first-order valence-electron chi connectivity index (χ1n) is 7.41. The predicted molar refractivity (Wildman–Crippen MR) is 72.7 cm³/mol. The fourth-order valence-corrected chi connectivity index (χ4v) is 4.64. The third-order valence-corrected chi connectivity index (χ3v) is 5.50. The van der Waals surface area contributed by atoms with Gasteiger partial charge in [-0.2, -0.15) is 0 Å². The van der Waals surface area contributed by atoms with Crippen LogP contribution in [-0.4, -0.2) is 31.7 Å². The molecule has 1 heterocycles. The van der Waals surface area contributed by atoms with Crippen molar-refractivity contribution in [3.63, 3.8) is 0 Å². The summed E-state index contributed by atoms with van der Waals surface area (Å²) in [5, 5.41) is 0. The number of fused-ring (bicyclic) bond motifs is 3. The van der Waals surface area contributed by atoms with Crippen LogP contribution in [0.4, 0.5) is 0 Å². The first-order chi connectivity index (χ1) is 9.04. The molecule has 1 aliphatic heterocycles. The number of carbonyl (C=O) groups is 1. The van der Waals surface area contributed by atoms with Gasteiger partial charge in [-0.25, -0.2) is 0 Å². The molecule has 3 aliphatic rings. The van der Waals surface area contributed by atoms with Crippen molar-refractivity contribution in [3.05, 3.63) is 11.6 Å². The van der Waals surface area contributed by atoms with Crippen LogP contribution in [0, 0.1) is 29.6 Å². The molecule has 3 rings (SSSR count). The molecule has 0 aromatic rings. The molecule has 1 saturated heterocycles. The van der Waals surface area contributed by atoms with E-state index in [0.717, 1.165) is 13.0 Å². The van der Waals surface area contributed by atoms with Gasteiger partial charge in [0.25, 0.3) is 0 Å². The van der Waals surface area contributed by atoms with Crippen LogP contribution >= 0.6 is 0 Å². The van der Waals surface area contributed by atoms with E-state index in [1.54, 1.807) is 7.11 Å². The number of methoxy groups -OCH3 is 1. The average Bonchev–Trinajstić information content (AvgIpc) is 2.85. The fourth-order valence-electron chi connectivity index (χ4n) is 4.64. The largest absolute Gasteiger partial charge is 0.381 e. The number of ether oxygens (including phenoxy) is 2. The zero-order valence-corrected chi connectivity index (χ0v) is 12.3. The maximum atomic E-state index is 12.5. The molecule has 0 radical (unpaired) electrons. The first kappa shape index (κ1) is 13.3.